The van der Waals surface area contributed by atoms with Crippen LogP contribution in [0.3, 0.4) is 0 Å². The standard InChI is InChI=1S/C13H23NO/c1-9(2)12(15)11-5-13(6-11)7-14(8-13)10(3)4/h9-11H,5-8H2,1-4H3. The summed E-state index contributed by atoms with van der Waals surface area (Å²) in [6.07, 6.45) is 2.32. The first kappa shape index (κ1) is 11.1. The lowest BCUT2D eigenvalue weighted by atomic mass is 9.55. The maximum atomic E-state index is 11.8. The van der Waals surface area contributed by atoms with E-state index < -0.39 is 0 Å². The fourth-order valence-electron chi connectivity index (χ4n) is 3.10. The monoisotopic (exact) mass is 209 g/mol. The summed E-state index contributed by atoms with van der Waals surface area (Å²) >= 11 is 0. The Bertz CT molecular complexity index is 256. The van der Waals surface area contributed by atoms with Crippen LogP contribution < -0.4 is 0 Å². The van der Waals surface area contributed by atoms with Gasteiger partial charge in [0.2, 0.25) is 0 Å². The molecule has 2 aliphatic rings. The molecule has 15 heavy (non-hydrogen) atoms. The van der Waals surface area contributed by atoms with Crippen molar-refractivity contribution >= 4 is 5.78 Å². The molecule has 0 aromatic heterocycles. The van der Waals surface area contributed by atoms with E-state index >= 15 is 0 Å². The van der Waals surface area contributed by atoms with Crippen molar-refractivity contribution in [3.05, 3.63) is 0 Å². The molecule has 0 amide bonds. The molecular formula is C13H23NO. The molecule has 2 rings (SSSR count). The summed E-state index contributed by atoms with van der Waals surface area (Å²) in [5.41, 5.74) is 0.541. The molecule has 1 saturated heterocycles. The zero-order valence-electron chi connectivity index (χ0n) is 10.4. The van der Waals surface area contributed by atoms with Gasteiger partial charge >= 0.3 is 0 Å². The van der Waals surface area contributed by atoms with Crippen molar-refractivity contribution in [2.75, 3.05) is 13.1 Å². The zero-order valence-corrected chi connectivity index (χ0v) is 10.4. The highest BCUT2D eigenvalue weighted by molar-refractivity contribution is 5.83. The predicted octanol–water partition coefficient (Wildman–Crippen LogP) is 2.33. The number of hydrogen-bond donors (Lipinski definition) is 0. The summed E-state index contributed by atoms with van der Waals surface area (Å²) in [5.74, 6) is 1.11. The highest BCUT2D eigenvalue weighted by Gasteiger charge is 2.54. The van der Waals surface area contributed by atoms with Crippen LogP contribution in [0.5, 0.6) is 0 Å². The summed E-state index contributed by atoms with van der Waals surface area (Å²) in [5, 5.41) is 0. The molecule has 0 bridgehead atoms. The number of rotatable bonds is 3. The van der Waals surface area contributed by atoms with Gasteiger partial charge in [-0.25, -0.2) is 0 Å². The van der Waals surface area contributed by atoms with Gasteiger partial charge in [0.25, 0.3) is 0 Å². The smallest absolute Gasteiger partial charge is 0.138 e. The van der Waals surface area contributed by atoms with Crippen LogP contribution >= 0.6 is 0 Å². The summed E-state index contributed by atoms with van der Waals surface area (Å²) < 4.78 is 0. The van der Waals surface area contributed by atoms with E-state index in [4.69, 9.17) is 0 Å². The third-order valence-electron chi connectivity index (χ3n) is 4.14. The first-order valence-electron chi connectivity index (χ1n) is 6.21. The first-order chi connectivity index (χ1) is 6.93. The van der Waals surface area contributed by atoms with Crippen LogP contribution in [0.25, 0.3) is 0 Å². The van der Waals surface area contributed by atoms with E-state index in [-0.39, 0.29) is 5.92 Å². The number of nitrogens with zero attached hydrogens (tertiary/aromatic N) is 1. The predicted molar refractivity (Wildman–Crippen MR) is 61.7 cm³/mol. The van der Waals surface area contributed by atoms with Crippen molar-refractivity contribution in [1.29, 1.82) is 0 Å². The normalized spacial score (nSPS) is 25.7. The van der Waals surface area contributed by atoms with Gasteiger partial charge in [-0.2, -0.15) is 0 Å². The molecule has 0 unspecified atom stereocenters. The number of likely N-dealkylation sites (tertiary alicyclic amines) is 1. The number of carbonyl (C=O) groups excluding carboxylic acids is 1. The van der Waals surface area contributed by atoms with Crippen LogP contribution in [0, 0.1) is 17.3 Å². The number of ketones is 1. The topological polar surface area (TPSA) is 20.3 Å². The lowest BCUT2D eigenvalue weighted by molar-refractivity contribution is -0.147. The van der Waals surface area contributed by atoms with Gasteiger partial charge < -0.3 is 0 Å². The fraction of sp³-hybridized carbons (Fsp3) is 0.923. The Kier molecular flexibility index (Phi) is 2.66. The summed E-state index contributed by atoms with van der Waals surface area (Å²) in [7, 11) is 0. The Morgan fingerprint density at radius 2 is 1.73 bits per heavy atom. The van der Waals surface area contributed by atoms with Crippen LogP contribution in [-0.2, 0) is 4.79 Å². The maximum Gasteiger partial charge on any atom is 0.138 e. The molecular weight excluding hydrogens is 186 g/mol. The summed E-state index contributed by atoms with van der Waals surface area (Å²) in [4.78, 5) is 14.3. The van der Waals surface area contributed by atoms with Gasteiger partial charge in [-0.1, -0.05) is 13.8 Å². The van der Waals surface area contributed by atoms with Gasteiger partial charge in [0.05, 0.1) is 0 Å². The van der Waals surface area contributed by atoms with Gasteiger partial charge in [0, 0.05) is 31.0 Å². The Morgan fingerprint density at radius 1 is 1.20 bits per heavy atom. The molecule has 0 atom stereocenters. The lowest BCUT2D eigenvalue weighted by Crippen LogP contribution is -2.64. The third-order valence-corrected chi connectivity index (χ3v) is 4.14. The van der Waals surface area contributed by atoms with Crippen LogP contribution in [0.2, 0.25) is 0 Å². The summed E-state index contributed by atoms with van der Waals surface area (Å²) in [6.45, 7) is 11.0. The van der Waals surface area contributed by atoms with E-state index in [1.165, 1.54) is 13.1 Å². The molecule has 0 aromatic rings. The number of hydrogen-bond acceptors (Lipinski definition) is 2. The van der Waals surface area contributed by atoms with Crippen molar-refractivity contribution in [3.8, 4) is 0 Å². The zero-order chi connectivity index (χ0) is 11.2. The van der Waals surface area contributed by atoms with Crippen LogP contribution in [-0.4, -0.2) is 29.8 Å². The number of Topliss-reactive ketones (excluding diaryl/α,β-unsaturated/α-hetero) is 1. The van der Waals surface area contributed by atoms with E-state index in [1.54, 1.807) is 0 Å². The second-order valence-electron chi connectivity index (χ2n) is 6.16. The minimum absolute atomic E-state index is 0.230. The van der Waals surface area contributed by atoms with E-state index in [0.717, 1.165) is 12.8 Å². The van der Waals surface area contributed by atoms with E-state index in [0.29, 0.717) is 23.2 Å². The quantitative estimate of drug-likeness (QED) is 0.711. The lowest BCUT2D eigenvalue weighted by Gasteiger charge is -2.60. The van der Waals surface area contributed by atoms with Crippen LogP contribution in [0.4, 0.5) is 0 Å². The van der Waals surface area contributed by atoms with E-state index in [2.05, 4.69) is 18.7 Å². The fourth-order valence-corrected chi connectivity index (χ4v) is 3.10. The average Bonchev–Trinajstić information content (AvgIpc) is 1.97. The Labute approximate surface area is 93.0 Å². The molecule has 1 saturated carbocycles. The molecule has 2 nitrogen and oxygen atoms in total. The van der Waals surface area contributed by atoms with Crippen molar-refractivity contribution in [3.63, 3.8) is 0 Å². The number of carbonyl (C=O) groups is 1. The maximum absolute atomic E-state index is 11.8. The largest absolute Gasteiger partial charge is 0.300 e. The molecule has 1 heterocycles. The highest BCUT2D eigenvalue weighted by atomic mass is 16.1. The van der Waals surface area contributed by atoms with Gasteiger partial charge in [-0.15, -0.1) is 0 Å². The van der Waals surface area contributed by atoms with Crippen molar-refractivity contribution in [1.82, 2.24) is 4.90 Å². The third kappa shape index (κ3) is 1.84. The molecule has 0 aromatic carbocycles. The molecule has 2 fully saturated rings. The van der Waals surface area contributed by atoms with Gasteiger partial charge in [-0.05, 0) is 32.1 Å². The molecule has 1 aliphatic carbocycles. The van der Waals surface area contributed by atoms with Gasteiger partial charge in [0.1, 0.15) is 5.78 Å². The molecule has 1 spiro atoms. The van der Waals surface area contributed by atoms with Crippen molar-refractivity contribution in [2.24, 2.45) is 17.3 Å². The molecule has 0 N–H and O–H groups in total. The van der Waals surface area contributed by atoms with E-state index in [1.807, 2.05) is 13.8 Å². The highest BCUT2D eigenvalue weighted by Crippen LogP contribution is 2.53. The second-order valence-corrected chi connectivity index (χ2v) is 6.16. The molecule has 1 aliphatic heterocycles. The van der Waals surface area contributed by atoms with Crippen LogP contribution in [0.15, 0.2) is 0 Å². The van der Waals surface area contributed by atoms with E-state index in [9.17, 15) is 4.79 Å². The second kappa shape index (κ2) is 3.58. The Balaban J connectivity index is 1.78. The summed E-state index contributed by atoms with van der Waals surface area (Å²) in [6, 6.07) is 0.676. The minimum Gasteiger partial charge on any atom is -0.300 e. The Hall–Kier alpha value is -0.370. The Morgan fingerprint density at radius 3 is 2.13 bits per heavy atom. The van der Waals surface area contributed by atoms with Crippen molar-refractivity contribution < 1.29 is 4.79 Å². The molecule has 0 radical (unpaired) electrons. The molecule has 86 valence electrons. The van der Waals surface area contributed by atoms with Gasteiger partial charge in [0.15, 0.2) is 0 Å². The van der Waals surface area contributed by atoms with Crippen LogP contribution in [0.1, 0.15) is 40.5 Å². The van der Waals surface area contributed by atoms with Gasteiger partial charge in [-0.3, -0.25) is 9.69 Å². The minimum atomic E-state index is 0.230. The SMILES string of the molecule is CC(C)C(=O)C1CC2(C1)CN(C(C)C)C2. The average molecular weight is 209 g/mol. The first-order valence-corrected chi connectivity index (χ1v) is 6.21. The molecule has 2 heteroatoms. The van der Waals surface area contributed by atoms with Crippen molar-refractivity contribution in [2.45, 2.75) is 46.6 Å².